The van der Waals surface area contributed by atoms with Crippen molar-refractivity contribution in [3.8, 4) is 0 Å². The Kier molecular flexibility index (Phi) is 6.59. The zero-order valence-corrected chi connectivity index (χ0v) is 16.3. The first-order valence-corrected chi connectivity index (χ1v) is 9.87. The van der Waals surface area contributed by atoms with E-state index in [-0.39, 0.29) is 22.8 Å². The van der Waals surface area contributed by atoms with Crippen molar-refractivity contribution in [2.75, 3.05) is 0 Å². The molecule has 24 heavy (non-hydrogen) atoms. The molecule has 1 aromatic rings. The van der Waals surface area contributed by atoms with Gasteiger partial charge in [-0.25, -0.2) is 8.51 Å². The van der Waals surface area contributed by atoms with Crippen LogP contribution in [0.5, 0.6) is 0 Å². The molecular formula is C19H31NO3S. The summed E-state index contributed by atoms with van der Waals surface area (Å²) >= 11 is 0. The lowest BCUT2D eigenvalue weighted by molar-refractivity contribution is -0.199. The summed E-state index contributed by atoms with van der Waals surface area (Å²) in [5.74, 6) is 0.157. The highest BCUT2D eigenvalue weighted by atomic mass is 32.2. The normalized spacial score (nSPS) is 27.9. The molecule has 1 heterocycles. The van der Waals surface area contributed by atoms with Crippen molar-refractivity contribution in [2.45, 2.75) is 77.2 Å². The highest BCUT2D eigenvalue weighted by Gasteiger charge is 2.37. The third-order valence-corrected chi connectivity index (χ3v) is 6.55. The molecule has 4 nitrogen and oxygen atoms in total. The van der Waals surface area contributed by atoms with Crippen LogP contribution in [0, 0.1) is 5.92 Å². The van der Waals surface area contributed by atoms with Crippen molar-refractivity contribution < 1.29 is 14.1 Å². The molecule has 0 aromatic heterocycles. The molecule has 5 atom stereocenters. The first kappa shape index (κ1) is 19.6. The number of hydrogen-bond acceptors (Lipinski definition) is 3. The Hall–Kier alpha value is -0.750. The van der Waals surface area contributed by atoms with Crippen LogP contribution in [0.2, 0.25) is 0 Å². The predicted molar refractivity (Wildman–Crippen MR) is 98.6 cm³/mol. The van der Waals surface area contributed by atoms with E-state index >= 15 is 0 Å². The third kappa shape index (κ3) is 4.88. The van der Waals surface area contributed by atoms with Gasteiger partial charge < -0.3 is 9.84 Å². The lowest BCUT2D eigenvalue weighted by atomic mass is 9.95. The van der Waals surface area contributed by atoms with E-state index in [2.05, 4.69) is 19.1 Å². The largest absolute Gasteiger partial charge is 0.368 e. The van der Waals surface area contributed by atoms with Crippen LogP contribution in [0.1, 0.15) is 53.0 Å². The topological polar surface area (TPSA) is 49.8 Å². The van der Waals surface area contributed by atoms with E-state index in [4.69, 9.17) is 4.74 Å². The maximum atomic E-state index is 13.1. The summed E-state index contributed by atoms with van der Waals surface area (Å²) in [7, 11) is -1.16. The zero-order valence-electron chi connectivity index (χ0n) is 15.4. The Morgan fingerprint density at radius 2 is 1.92 bits per heavy atom. The Balaban J connectivity index is 2.19. The Morgan fingerprint density at radius 3 is 2.46 bits per heavy atom. The van der Waals surface area contributed by atoms with Crippen molar-refractivity contribution in [2.24, 2.45) is 5.92 Å². The van der Waals surface area contributed by atoms with E-state index in [1.807, 2.05) is 50.2 Å². The minimum absolute atomic E-state index is 0.0348. The summed E-state index contributed by atoms with van der Waals surface area (Å²) in [6.45, 7) is 10.6. The maximum absolute atomic E-state index is 13.1. The van der Waals surface area contributed by atoms with E-state index in [1.165, 1.54) is 0 Å². The molecule has 2 rings (SSSR count). The van der Waals surface area contributed by atoms with Crippen LogP contribution in [-0.4, -0.2) is 36.8 Å². The van der Waals surface area contributed by atoms with Gasteiger partial charge in [-0.15, -0.1) is 0 Å². The van der Waals surface area contributed by atoms with Crippen LogP contribution in [0.15, 0.2) is 30.3 Å². The minimum atomic E-state index is -1.16. The quantitative estimate of drug-likeness (QED) is 0.882. The second-order valence-electron chi connectivity index (χ2n) is 7.78. The van der Waals surface area contributed by atoms with E-state index < -0.39 is 17.3 Å². The van der Waals surface area contributed by atoms with E-state index in [1.54, 1.807) is 0 Å². The second-order valence-corrected chi connectivity index (χ2v) is 9.97. The summed E-state index contributed by atoms with van der Waals surface area (Å²) in [6, 6.07) is 10.1. The fraction of sp³-hybridized carbons (Fsp3) is 0.684. The minimum Gasteiger partial charge on any atom is -0.368 e. The molecule has 136 valence electrons. The number of rotatable bonds is 5. The molecule has 0 saturated carbocycles. The summed E-state index contributed by atoms with van der Waals surface area (Å²) in [6.07, 6.45) is 0.975. The molecule has 0 amide bonds. The van der Waals surface area contributed by atoms with E-state index in [0.29, 0.717) is 6.54 Å². The Labute approximate surface area is 148 Å². The predicted octanol–water partition coefficient (Wildman–Crippen LogP) is 3.47. The van der Waals surface area contributed by atoms with Gasteiger partial charge in [0.2, 0.25) is 0 Å². The van der Waals surface area contributed by atoms with Gasteiger partial charge in [0.1, 0.15) is 11.0 Å². The van der Waals surface area contributed by atoms with Crippen LogP contribution in [0.3, 0.4) is 0 Å². The Bertz CT molecular complexity index is 543. The molecule has 0 aliphatic carbocycles. The highest BCUT2D eigenvalue weighted by molar-refractivity contribution is 7.84. The van der Waals surface area contributed by atoms with Crippen molar-refractivity contribution in [3.63, 3.8) is 0 Å². The smallest absolute Gasteiger partial charge is 0.157 e. The molecule has 5 heteroatoms. The number of hydrogen-bond donors (Lipinski definition) is 1. The fourth-order valence-electron chi connectivity index (χ4n) is 2.96. The molecular weight excluding hydrogens is 322 g/mol. The number of nitrogens with zero attached hydrogens (tertiary/aromatic N) is 1. The van der Waals surface area contributed by atoms with Crippen LogP contribution in [-0.2, 0) is 22.3 Å². The molecule has 1 aromatic carbocycles. The SMILES string of the molecule is CC1CC[C@@H]([C@@H](C)N(Cc2ccccc2)S(=O)C(C)(C)C)OC1O. The molecule has 1 saturated heterocycles. The lowest BCUT2D eigenvalue weighted by Gasteiger charge is -2.41. The first-order valence-electron chi connectivity index (χ1n) is 8.76. The highest BCUT2D eigenvalue weighted by Crippen LogP contribution is 2.30. The first-order chi connectivity index (χ1) is 11.2. The zero-order chi connectivity index (χ0) is 17.9. The van der Waals surface area contributed by atoms with Crippen LogP contribution in [0.4, 0.5) is 0 Å². The van der Waals surface area contributed by atoms with Gasteiger partial charge in [0.25, 0.3) is 0 Å². The van der Waals surface area contributed by atoms with Crippen LogP contribution >= 0.6 is 0 Å². The molecule has 0 radical (unpaired) electrons. The standard InChI is InChI=1S/C19H31NO3S/c1-14-11-12-17(23-18(14)21)15(2)20(24(22)19(3,4)5)13-16-9-7-6-8-10-16/h6-10,14-15,17-18,21H,11-13H2,1-5H3/t14?,15-,17+,18?,24?/m1/s1. The van der Waals surface area contributed by atoms with Gasteiger partial charge in [-0.2, -0.15) is 0 Å². The molecule has 1 fully saturated rings. The summed E-state index contributed by atoms with van der Waals surface area (Å²) in [5.41, 5.74) is 1.13. The summed E-state index contributed by atoms with van der Waals surface area (Å²) in [4.78, 5) is 0. The van der Waals surface area contributed by atoms with Gasteiger partial charge in [0, 0.05) is 18.5 Å². The van der Waals surface area contributed by atoms with Crippen molar-refractivity contribution in [3.05, 3.63) is 35.9 Å². The Morgan fingerprint density at radius 1 is 1.29 bits per heavy atom. The third-order valence-electron chi connectivity index (χ3n) is 4.62. The number of aliphatic hydroxyl groups is 1. The van der Waals surface area contributed by atoms with Crippen molar-refractivity contribution >= 4 is 11.0 Å². The number of ether oxygens (including phenoxy) is 1. The van der Waals surface area contributed by atoms with Crippen LogP contribution < -0.4 is 0 Å². The molecule has 1 aliphatic heterocycles. The van der Waals surface area contributed by atoms with Gasteiger partial charge in [-0.3, -0.25) is 0 Å². The molecule has 0 spiro atoms. The van der Waals surface area contributed by atoms with Gasteiger partial charge in [0.15, 0.2) is 6.29 Å². The number of benzene rings is 1. The monoisotopic (exact) mass is 353 g/mol. The summed E-state index contributed by atoms with van der Waals surface area (Å²) < 4.78 is 20.6. The van der Waals surface area contributed by atoms with Gasteiger partial charge in [-0.05, 0) is 46.1 Å². The van der Waals surface area contributed by atoms with Gasteiger partial charge in [-0.1, -0.05) is 37.3 Å². The van der Waals surface area contributed by atoms with E-state index in [9.17, 15) is 9.32 Å². The average Bonchev–Trinajstić information content (AvgIpc) is 2.54. The van der Waals surface area contributed by atoms with E-state index in [0.717, 1.165) is 18.4 Å². The average molecular weight is 354 g/mol. The molecule has 3 unspecified atom stereocenters. The maximum Gasteiger partial charge on any atom is 0.157 e. The van der Waals surface area contributed by atoms with Crippen LogP contribution in [0.25, 0.3) is 0 Å². The summed E-state index contributed by atoms with van der Waals surface area (Å²) in [5, 5.41) is 10.1. The van der Waals surface area contributed by atoms with Gasteiger partial charge in [0.05, 0.1) is 10.9 Å². The number of aliphatic hydroxyl groups excluding tert-OH is 1. The second kappa shape index (κ2) is 8.09. The van der Waals surface area contributed by atoms with Crippen molar-refractivity contribution in [1.82, 2.24) is 4.31 Å². The van der Waals surface area contributed by atoms with Crippen molar-refractivity contribution in [1.29, 1.82) is 0 Å². The molecule has 1 aliphatic rings. The lowest BCUT2D eigenvalue weighted by Crippen LogP contribution is -2.50. The molecule has 1 N–H and O–H groups in total. The fourth-order valence-corrected chi connectivity index (χ4v) is 4.37. The van der Waals surface area contributed by atoms with Gasteiger partial charge >= 0.3 is 0 Å². The molecule has 0 bridgehead atoms.